The number of hydrogen-bond acceptors (Lipinski definition) is 3. The van der Waals surface area contributed by atoms with Crippen LogP contribution < -0.4 is 16.4 Å². The monoisotopic (exact) mass is 181 g/mol. The van der Waals surface area contributed by atoms with Gasteiger partial charge in [-0.15, -0.1) is 0 Å². The topological polar surface area (TPSA) is 67.2 Å². The molecule has 0 bridgehead atoms. The van der Waals surface area contributed by atoms with Gasteiger partial charge in [0.05, 0.1) is 0 Å². The normalized spacial score (nSPS) is 33.4. The van der Waals surface area contributed by atoms with Crippen molar-refractivity contribution in [1.82, 2.24) is 10.6 Å². The molecule has 4 heteroatoms. The Kier molecular flexibility index (Phi) is 2.33. The van der Waals surface area contributed by atoms with E-state index in [9.17, 15) is 4.79 Å². The number of carbonyl (C=O) groups is 1. The van der Waals surface area contributed by atoms with Gasteiger partial charge in [-0.3, -0.25) is 4.79 Å². The number of amides is 1. The predicted octanol–water partition coefficient (Wildman–Crippen LogP) is -1.02. The minimum absolute atomic E-state index is 0.295. The standard InChI is InChI=1S/C9H15N3O/c10-9(13)7-3-6-4-11-2-1-8(6)12-5-7/h3,6,8,11-12H,1-2,4-5H2,(H2,10,13). The molecule has 0 aromatic rings. The molecule has 2 atom stereocenters. The minimum atomic E-state index is -0.295. The molecule has 4 N–H and O–H groups in total. The lowest BCUT2D eigenvalue weighted by molar-refractivity contribution is -0.114. The molecule has 2 aliphatic heterocycles. The maximum absolute atomic E-state index is 10.9. The Bertz CT molecular complexity index is 249. The van der Waals surface area contributed by atoms with Crippen molar-refractivity contribution in [2.24, 2.45) is 11.7 Å². The highest BCUT2D eigenvalue weighted by atomic mass is 16.1. The van der Waals surface area contributed by atoms with Gasteiger partial charge in [0, 0.05) is 30.6 Å². The van der Waals surface area contributed by atoms with E-state index in [1.807, 2.05) is 6.08 Å². The zero-order chi connectivity index (χ0) is 9.26. The molecule has 2 aliphatic rings. The van der Waals surface area contributed by atoms with Crippen LogP contribution in [0, 0.1) is 5.92 Å². The van der Waals surface area contributed by atoms with Crippen molar-refractivity contribution >= 4 is 5.91 Å². The lowest BCUT2D eigenvalue weighted by atomic mass is 9.88. The zero-order valence-electron chi connectivity index (χ0n) is 7.55. The van der Waals surface area contributed by atoms with E-state index >= 15 is 0 Å². The van der Waals surface area contributed by atoms with Gasteiger partial charge in [-0.1, -0.05) is 6.08 Å². The third kappa shape index (κ3) is 1.73. The first kappa shape index (κ1) is 8.72. The molecule has 4 nitrogen and oxygen atoms in total. The molecule has 0 aliphatic carbocycles. The number of primary amides is 1. The third-order valence-electron chi connectivity index (χ3n) is 2.82. The van der Waals surface area contributed by atoms with Crippen LogP contribution in [0.25, 0.3) is 0 Å². The van der Waals surface area contributed by atoms with Crippen molar-refractivity contribution in [2.75, 3.05) is 19.6 Å². The number of hydrogen-bond donors (Lipinski definition) is 3. The molecule has 13 heavy (non-hydrogen) atoms. The van der Waals surface area contributed by atoms with E-state index in [0.717, 1.165) is 25.1 Å². The Hall–Kier alpha value is -0.870. The van der Waals surface area contributed by atoms with E-state index in [0.29, 0.717) is 18.5 Å². The molecule has 72 valence electrons. The summed E-state index contributed by atoms with van der Waals surface area (Å²) in [6.07, 6.45) is 3.16. The van der Waals surface area contributed by atoms with Crippen molar-refractivity contribution in [1.29, 1.82) is 0 Å². The van der Waals surface area contributed by atoms with Gasteiger partial charge >= 0.3 is 0 Å². The van der Waals surface area contributed by atoms with E-state index in [1.165, 1.54) is 0 Å². The second-order valence-electron chi connectivity index (χ2n) is 3.70. The Balaban J connectivity index is 2.11. The van der Waals surface area contributed by atoms with Crippen molar-refractivity contribution in [3.8, 4) is 0 Å². The fraction of sp³-hybridized carbons (Fsp3) is 0.667. The molecule has 1 fully saturated rings. The summed E-state index contributed by atoms with van der Waals surface area (Å²) in [4.78, 5) is 10.9. The van der Waals surface area contributed by atoms with Crippen molar-refractivity contribution in [3.63, 3.8) is 0 Å². The van der Waals surface area contributed by atoms with Gasteiger partial charge in [0.1, 0.15) is 0 Å². The van der Waals surface area contributed by atoms with Crippen LogP contribution in [0.5, 0.6) is 0 Å². The van der Waals surface area contributed by atoms with Gasteiger partial charge in [0.2, 0.25) is 5.91 Å². The average Bonchev–Trinajstić information content (AvgIpc) is 2.17. The van der Waals surface area contributed by atoms with Gasteiger partial charge < -0.3 is 16.4 Å². The molecule has 2 rings (SSSR count). The van der Waals surface area contributed by atoms with Crippen molar-refractivity contribution in [2.45, 2.75) is 12.5 Å². The van der Waals surface area contributed by atoms with Crippen LogP contribution in [-0.2, 0) is 4.79 Å². The van der Waals surface area contributed by atoms with Gasteiger partial charge in [-0.2, -0.15) is 0 Å². The summed E-state index contributed by atoms with van der Waals surface area (Å²) in [5.41, 5.74) is 5.95. The molecule has 2 unspecified atom stereocenters. The molecule has 0 aromatic carbocycles. The summed E-state index contributed by atoms with van der Waals surface area (Å²) in [6.45, 7) is 2.65. The highest BCUT2D eigenvalue weighted by Gasteiger charge is 2.27. The molecular weight excluding hydrogens is 166 g/mol. The summed E-state index contributed by atoms with van der Waals surface area (Å²) < 4.78 is 0. The van der Waals surface area contributed by atoms with Crippen LogP contribution in [-0.4, -0.2) is 31.6 Å². The number of nitrogens with one attached hydrogen (secondary N) is 2. The summed E-state index contributed by atoms with van der Waals surface area (Å²) >= 11 is 0. The van der Waals surface area contributed by atoms with Gasteiger partial charge in [-0.25, -0.2) is 0 Å². The fourth-order valence-corrected chi connectivity index (χ4v) is 2.04. The number of rotatable bonds is 1. The Morgan fingerprint density at radius 2 is 2.46 bits per heavy atom. The first-order valence-corrected chi connectivity index (χ1v) is 4.72. The van der Waals surface area contributed by atoms with Gasteiger partial charge in [0.15, 0.2) is 0 Å². The molecule has 0 spiro atoms. The molecular formula is C9H15N3O. The van der Waals surface area contributed by atoms with E-state index in [1.54, 1.807) is 0 Å². The fourth-order valence-electron chi connectivity index (χ4n) is 2.04. The molecule has 1 amide bonds. The van der Waals surface area contributed by atoms with E-state index in [2.05, 4.69) is 10.6 Å². The second-order valence-corrected chi connectivity index (χ2v) is 3.70. The zero-order valence-corrected chi connectivity index (χ0v) is 7.55. The van der Waals surface area contributed by atoms with Crippen LogP contribution in [0.4, 0.5) is 0 Å². The van der Waals surface area contributed by atoms with Crippen LogP contribution in [0.3, 0.4) is 0 Å². The number of fused-ring (bicyclic) bond motifs is 1. The van der Waals surface area contributed by atoms with E-state index in [4.69, 9.17) is 5.73 Å². The summed E-state index contributed by atoms with van der Waals surface area (Å²) in [5.74, 6) is 0.140. The van der Waals surface area contributed by atoms with Crippen LogP contribution in [0.15, 0.2) is 11.6 Å². The Morgan fingerprint density at radius 1 is 1.62 bits per heavy atom. The Morgan fingerprint density at radius 3 is 3.23 bits per heavy atom. The second kappa shape index (κ2) is 3.47. The van der Waals surface area contributed by atoms with Crippen molar-refractivity contribution in [3.05, 3.63) is 11.6 Å². The van der Waals surface area contributed by atoms with Crippen LogP contribution >= 0.6 is 0 Å². The summed E-state index contributed by atoms with van der Waals surface area (Å²) in [5, 5.41) is 6.65. The first-order valence-electron chi connectivity index (χ1n) is 4.72. The van der Waals surface area contributed by atoms with E-state index < -0.39 is 0 Å². The number of carbonyl (C=O) groups excluding carboxylic acids is 1. The number of piperidine rings is 1. The van der Waals surface area contributed by atoms with Crippen molar-refractivity contribution < 1.29 is 4.79 Å². The molecule has 1 saturated heterocycles. The maximum atomic E-state index is 10.9. The predicted molar refractivity (Wildman–Crippen MR) is 50.0 cm³/mol. The smallest absolute Gasteiger partial charge is 0.245 e. The van der Waals surface area contributed by atoms with Crippen LogP contribution in [0.2, 0.25) is 0 Å². The highest BCUT2D eigenvalue weighted by molar-refractivity contribution is 5.92. The molecule has 0 aromatic heterocycles. The minimum Gasteiger partial charge on any atom is -0.366 e. The summed E-state index contributed by atoms with van der Waals surface area (Å²) in [6, 6.07) is 0.532. The lowest BCUT2D eigenvalue weighted by Crippen LogP contribution is -2.50. The molecule has 0 radical (unpaired) electrons. The average molecular weight is 181 g/mol. The Labute approximate surface area is 77.6 Å². The first-order chi connectivity index (χ1) is 6.27. The van der Waals surface area contributed by atoms with Gasteiger partial charge in [0.25, 0.3) is 0 Å². The SMILES string of the molecule is NC(=O)C1=CC2CNCCC2NC1. The van der Waals surface area contributed by atoms with E-state index in [-0.39, 0.29) is 5.91 Å². The summed E-state index contributed by atoms with van der Waals surface area (Å²) in [7, 11) is 0. The quantitative estimate of drug-likeness (QED) is 0.485. The maximum Gasteiger partial charge on any atom is 0.245 e. The third-order valence-corrected chi connectivity index (χ3v) is 2.82. The molecule has 2 heterocycles. The molecule has 0 saturated carbocycles. The van der Waals surface area contributed by atoms with Crippen LogP contribution in [0.1, 0.15) is 6.42 Å². The highest BCUT2D eigenvalue weighted by Crippen LogP contribution is 2.18. The van der Waals surface area contributed by atoms with Gasteiger partial charge in [-0.05, 0) is 13.0 Å². The lowest BCUT2D eigenvalue weighted by Gasteiger charge is -2.34. The largest absolute Gasteiger partial charge is 0.366 e. The number of nitrogens with two attached hydrogens (primary N) is 1.